The van der Waals surface area contributed by atoms with Gasteiger partial charge in [-0.1, -0.05) is 6.92 Å². The van der Waals surface area contributed by atoms with Gasteiger partial charge in [0.05, 0.1) is 12.7 Å². The Hall–Kier alpha value is -1.63. The molecule has 2 rings (SSSR count). The zero-order valence-electron chi connectivity index (χ0n) is 12.1. The third-order valence-electron chi connectivity index (χ3n) is 2.93. The van der Waals surface area contributed by atoms with Crippen LogP contribution in [0, 0.1) is 0 Å². The highest BCUT2D eigenvalue weighted by Gasteiger charge is 2.16. The number of ether oxygens (including phenoxy) is 3. The van der Waals surface area contributed by atoms with Crippen molar-refractivity contribution in [2.24, 2.45) is 0 Å². The molecule has 0 amide bonds. The topological polar surface area (TPSA) is 78.4 Å². The summed E-state index contributed by atoms with van der Waals surface area (Å²) in [6.45, 7) is 3.86. The molecule has 1 aromatic heterocycles. The van der Waals surface area contributed by atoms with Crippen molar-refractivity contribution in [2.45, 2.75) is 38.7 Å². The molecule has 1 atom stereocenters. The molecule has 0 aliphatic carbocycles. The van der Waals surface area contributed by atoms with Gasteiger partial charge in [0.1, 0.15) is 6.61 Å². The summed E-state index contributed by atoms with van der Waals surface area (Å²) in [6, 6.07) is 0.551. The highest BCUT2D eigenvalue weighted by atomic mass is 16.5. The van der Waals surface area contributed by atoms with E-state index in [4.69, 9.17) is 14.2 Å². The van der Waals surface area contributed by atoms with Crippen LogP contribution in [0.4, 0.5) is 5.95 Å². The number of hydrogen-bond acceptors (Lipinski definition) is 7. The Morgan fingerprint density at radius 3 is 2.65 bits per heavy atom. The third-order valence-corrected chi connectivity index (χ3v) is 2.93. The maximum atomic E-state index is 5.61. The number of hydrogen-bond donors (Lipinski definition) is 1. The van der Waals surface area contributed by atoms with Crippen molar-refractivity contribution < 1.29 is 14.2 Å². The molecule has 1 unspecified atom stereocenters. The second-order valence-corrected chi connectivity index (χ2v) is 4.62. The minimum atomic E-state index is 0.124. The van der Waals surface area contributed by atoms with Crippen molar-refractivity contribution in [3.63, 3.8) is 0 Å². The van der Waals surface area contributed by atoms with E-state index >= 15 is 0 Å². The van der Waals surface area contributed by atoms with Gasteiger partial charge in [0.25, 0.3) is 0 Å². The van der Waals surface area contributed by atoms with Crippen LogP contribution in [0.25, 0.3) is 0 Å². The number of rotatable bonds is 7. The molecule has 1 aromatic rings. The van der Waals surface area contributed by atoms with Crippen LogP contribution >= 0.6 is 0 Å². The van der Waals surface area contributed by atoms with Gasteiger partial charge >= 0.3 is 12.0 Å². The Labute approximate surface area is 119 Å². The van der Waals surface area contributed by atoms with Crippen LogP contribution in [0.15, 0.2) is 0 Å². The molecule has 0 bridgehead atoms. The van der Waals surface area contributed by atoms with Crippen LogP contribution in [0.3, 0.4) is 0 Å². The summed E-state index contributed by atoms with van der Waals surface area (Å²) in [5.74, 6) is 0.436. The molecule has 1 fully saturated rings. The van der Waals surface area contributed by atoms with Gasteiger partial charge in [-0.15, -0.1) is 4.98 Å². The molecular formula is C13H22N4O3. The van der Waals surface area contributed by atoms with Crippen molar-refractivity contribution in [3.05, 3.63) is 0 Å². The predicted octanol–water partition coefficient (Wildman–Crippen LogP) is 1.65. The monoisotopic (exact) mass is 282 g/mol. The van der Waals surface area contributed by atoms with Crippen LogP contribution in [0.2, 0.25) is 0 Å². The van der Waals surface area contributed by atoms with E-state index in [1.807, 2.05) is 6.92 Å². The van der Waals surface area contributed by atoms with Gasteiger partial charge in [-0.25, -0.2) is 0 Å². The zero-order valence-corrected chi connectivity index (χ0v) is 12.1. The molecule has 1 aliphatic rings. The summed E-state index contributed by atoms with van der Waals surface area (Å²) in [4.78, 5) is 12.4. The fourth-order valence-electron chi connectivity index (χ4n) is 1.88. The van der Waals surface area contributed by atoms with Gasteiger partial charge in [-0.2, -0.15) is 9.97 Å². The summed E-state index contributed by atoms with van der Waals surface area (Å²) < 4.78 is 16.6. The van der Waals surface area contributed by atoms with Gasteiger partial charge in [0.2, 0.25) is 5.95 Å². The quantitative estimate of drug-likeness (QED) is 0.814. The standard InChI is InChI=1S/C13H22N4O3/c1-3-7-19-12-15-11(14-2)16-13(17-12)20-9-10-6-4-5-8-18-10/h10H,3-9H2,1-2H3,(H,14,15,16,17). The van der Waals surface area contributed by atoms with Crippen LogP contribution < -0.4 is 14.8 Å². The molecule has 20 heavy (non-hydrogen) atoms. The number of nitrogens with one attached hydrogen (secondary N) is 1. The van der Waals surface area contributed by atoms with Gasteiger partial charge in [-0.3, -0.25) is 0 Å². The molecule has 112 valence electrons. The minimum absolute atomic E-state index is 0.124. The van der Waals surface area contributed by atoms with Gasteiger partial charge < -0.3 is 19.5 Å². The van der Waals surface area contributed by atoms with Gasteiger partial charge in [0, 0.05) is 13.7 Å². The molecule has 0 radical (unpaired) electrons. The highest BCUT2D eigenvalue weighted by Crippen LogP contribution is 2.16. The molecule has 7 nitrogen and oxygen atoms in total. The fraction of sp³-hybridized carbons (Fsp3) is 0.769. The van der Waals surface area contributed by atoms with Crippen LogP contribution in [0.5, 0.6) is 12.0 Å². The molecule has 1 saturated heterocycles. The summed E-state index contributed by atoms with van der Waals surface area (Å²) >= 11 is 0. The summed E-state index contributed by atoms with van der Waals surface area (Å²) in [5.41, 5.74) is 0. The lowest BCUT2D eigenvalue weighted by atomic mass is 10.1. The van der Waals surface area contributed by atoms with Gasteiger partial charge in [-0.05, 0) is 25.7 Å². The molecule has 0 spiro atoms. The Morgan fingerprint density at radius 2 is 2.00 bits per heavy atom. The number of aromatic nitrogens is 3. The number of anilines is 1. The molecule has 0 saturated carbocycles. The van der Waals surface area contributed by atoms with E-state index < -0.39 is 0 Å². The molecule has 2 heterocycles. The second-order valence-electron chi connectivity index (χ2n) is 4.62. The van der Waals surface area contributed by atoms with Crippen molar-refractivity contribution >= 4 is 5.95 Å². The molecule has 0 aromatic carbocycles. The SMILES string of the molecule is CCCOc1nc(NC)nc(OCC2CCCCO2)n1. The Bertz CT molecular complexity index is 411. The fourth-order valence-corrected chi connectivity index (χ4v) is 1.88. The second kappa shape index (κ2) is 7.84. The summed E-state index contributed by atoms with van der Waals surface area (Å²) in [5, 5.41) is 2.87. The zero-order chi connectivity index (χ0) is 14.2. The molecule has 1 N–H and O–H groups in total. The van der Waals surface area contributed by atoms with E-state index in [0.717, 1.165) is 25.9 Å². The molecule has 7 heteroatoms. The average molecular weight is 282 g/mol. The van der Waals surface area contributed by atoms with E-state index in [0.29, 0.717) is 19.2 Å². The Morgan fingerprint density at radius 1 is 1.20 bits per heavy atom. The van der Waals surface area contributed by atoms with E-state index in [2.05, 4.69) is 20.3 Å². The van der Waals surface area contributed by atoms with Crippen molar-refractivity contribution in [1.29, 1.82) is 0 Å². The van der Waals surface area contributed by atoms with E-state index in [9.17, 15) is 0 Å². The first-order chi connectivity index (χ1) is 9.81. The number of nitrogens with zero attached hydrogens (tertiary/aromatic N) is 3. The summed E-state index contributed by atoms with van der Waals surface area (Å²) in [6.07, 6.45) is 4.34. The minimum Gasteiger partial charge on any atom is -0.463 e. The lowest BCUT2D eigenvalue weighted by molar-refractivity contribution is -0.0130. The molecule has 1 aliphatic heterocycles. The maximum Gasteiger partial charge on any atom is 0.324 e. The van der Waals surface area contributed by atoms with Crippen LogP contribution in [-0.2, 0) is 4.74 Å². The Kier molecular flexibility index (Phi) is 5.79. The summed E-state index contributed by atoms with van der Waals surface area (Å²) in [7, 11) is 1.74. The van der Waals surface area contributed by atoms with Gasteiger partial charge in [0.15, 0.2) is 0 Å². The lowest BCUT2D eigenvalue weighted by Crippen LogP contribution is -2.26. The molecular weight excluding hydrogens is 260 g/mol. The van der Waals surface area contributed by atoms with Crippen molar-refractivity contribution in [2.75, 3.05) is 32.2 Å². The third kappa shape index (κ3) is 4.48. The smallest absolute Gasteiger partial charge is 0.324 e. The van der Waals surface area contributed by atoms with E-state index in [1.165, 1.54) is 6.42 Å². The van der Waals surface area contributed by atoms with Crippen molar-refractivity contribution in [3.8, 4) is 12.0 Å². The lowest BCUT2D eigenvalue weighted by Gasteiger charge is -2.22. The van der Waals surface area contributed by atoms with E-state index in [1.54, 1.807) is 7.05 Å². The van der Waals surface area contributed by atoms with Crippen LogP contribution in [0.1, 0.15) is 32.6 Å². The highest BCUT2D eigenvalue weighted by molar-refractivity contribution is 5.26. The first-order valence-electron chi connectivity index (χ1n) is 7.13. The largest absolute Gasteiger partial charge is 0.463 e. The predicted molar refractivity (Wildman–Crippen MR) is 74.2 cm³/mol. The normalized spacial score (nSPS) is 18.6. The first-order valence-corrected chi connectivity index (χ1v) is 7.13. The Balaban J connectivity index is 1.94. The average Bonchev–Trinajstić information content (AvgIpc) is 2.51. The maximum absolute atomic E-state index is 5.61. The van der Waals surface area contributed by atoms with Crippen molar-refractivity contribution in [1.82, 2.24) is 15.0 Å². The first kappa shape index (κ1) is 14.8. The van der Waals surface area contributed by atoms with E-state index in [-0.39, 0.29) is 18.1 Å². The van der Waals surface area contributed by atoms with Crippen LogP contribution in [-0.4, -0.2) is 47.9 Å².